The molecule has 4 aromatic rings. The molecule has 2 aromatic carbocycles. The van der Waals surface area contributed by atoms with Crippen LogP contribution in [0, 0.1) is 11.8 Å². The lowest BCUT2D eigenvalue weighted by Gasteiger charge is -2.11. The molecule has 4 rings (SSSR count). The van der Waals surface area contributed by atoms with Crippen molar-refractivity contribution in [2.24, 2.45) is 0 Å². The van der Waals surface area contributed by atoms with Gasteiger partial charge in [0.2, 0.25) is 0 Å². The van der Waals surface area contributed by atoms with E-state index >= 15 is 0 Å². The predicted molar refractivity (Wildman–Crippen MR) is 133 cm³/mol. The summed E-state index contributed by atoms with van der Waals surface area (Å²) >= 11 is 6.37. The van der Waals surface area contributed by atoms with E-state index in [2.05, 4.69) is 21.8 Å². The molecule has 0 bridgehead atoms. The summed E-state index contributed by atoms with van der Waals surface area (Å²) < 4.78 is 31.9. The van der Waals surface area contributed by atoms with Crippen molar-refractivity contribution in [3.05, 3.63) is 94.4 Å². The number of carboxylic acids is 1. The van der Waals surface area contributed by atoms with Crippen molar-refractivity contribution in [2.45, 2.75) is 11.3 Å². The van der Waals surface area contributed by atoms with Crippen LogP contribution in [0.25, 0.3) is 10.9 Å². The van der Waals surface area contributed by atoms with Crippen LogP contribution in [0.15, 0.2) is 71.9 Å². The average molecular weight is 507 g/mol. The number of nitrogens with zero attached hydrogens (tertiary/aromatic N) is 2. The summed E-state index contributed by atoms with van der Waals surface area (Å²) in [4.78, 5) is 19.2. The Balaban J connectivity index is 1.63. The van der Waals surface area contributed by atoms with Crippen molar-refractivity contribution in [1.82, 2.24) is 9.97 Å². The second-order valence-corrected chi connectivity index (χ2v) is 9.98. The SMILES string of the molecule is COc1ccc(S(=O)(=O)CCc2cccc(Cl)c2C#Cc2ccc(C(=O)O)nc2)c2ncccc12. The zero-order chi connectivity index (χ0) is 25.0. The van der Waals surface area contributed by atoms with E-state index in [1.165, 1.54) is 25.4 Å². The molecule has 9 heteroatoms. The fourth-order valence-electron chi connectivity index (χ4n) is 3.55. The maximum absolute atomic E-state index is 13.3. The van der Waals surface area contributed by atoms with Gasteiger partial charge in [-0.25, -0.2) is 18.2 Å². The third-order valence-electron chi connectivity index (χ3n) is 5.30. The van der Waals surface area contributed by atoms with Crippen LogP contribution in [0.4, 0.5) is 0 Å². The first-order valence-corrected chi connectivity index (χ1v) is 12.5. The van der Waals surface area contributed by atoms with Crippen LogP contribution < -0.4 is 4.74 Å². The Hall–Kier alpha value is -3.93. The van der Waals surface area contributed by atoms with Gasteiger partial charge in [-0.3, -0.25) is 4.98 Å². The lowest BCUT2D eigenvalue weighted by Crippen LogP contribution is -2.11. The summed E-state index contributed by atoms with van der Waals surface area (Å²) in [7, 11) is -2.17. The summed E-state index contributed by atoms with van der Waals surface area (Å²) in [5, 5.41) is 9.98. The molecular weight excluding hydrogens is 488 g/mol. The van der Waals surface area contributed by atoms with Crippen molar-refractivity contribution in [2.75, 3.05) is 12.9 Å². The number of aromatic nitrogens is 2. The van der Waals surface area contributed by atoms with E-state index in [-0.39, 0.29) is 22.8 Å². The number of carbonyl (C=O) groups is 1. The third kappa shape index (κ3) is 5.27. The normalized spacial score (nSPS) is 11.0. The maximum atomic E-state index is 13.3. The minimum Gasteiger partial charge on any atom is -0.496 e. The lowest BCUT2D eigenvalue weighted by atomic mass is 10.1. The number of sulfone groups is 1. The van der Waals surface area contributed by atoms with E-state index in [0.717, 1.165) is 0 Å². The third-order valence-corrected chi connectivity index (χ3v) is 7.36. The van der Waals surface area contributed by atoms with E-state index in [4.69, 9.17) is 21.4 Å². The Morgan fingerprint density at radius 2 is 1.89 bits per heavy atom. The van der Waals surface area contributed by atoms with Gasteiger partial charge < -0.3 is 9.84 Å². The molecule has 0 fully saturated rings. The first-order valence-electron chi connectivity index (χ1n) is 10.4. The highest BCUT2D eigenvalue weighted by molar-refractivity contribution is 7.91. The van der Waals surface area contributed by atoms with Gasteiger partial charge in [0.15, 0.2) is 9.84 Å². The van der Waals surface area contributed by atoms with Crippen LogP contribution in [0.1, 0.15) is 27.2 Å². The molecule has 0 aliphatic rings. The smallest absolute Gasteiger partial charge is 0.354 e. The van der Waals surface area contributed by atoms with E-state index in [1.54, 1.807) is 48.7 Å². The Morgan fingerprint density at radius 1 is 1.06 bits per heavy atom. The van der Waals surface area contributed by atoms with E-state index in [1.807, 2.05) is 0 Å². The molecule has 0 amide bonds. The van der Waals surface area contributed by atoms with E-state index in [0.29, 0.717) is 38.4 Å². The number of benzene rings is 2. The molecule has 7 nitrogen and oxygen atoms in total. The average Bonchev–Trinajstić information content (AvgIpc) is 2.86. The standard InChI is InChI=1S/C26H19ClN2O5S/c1-34-23-11-12-24(25-20(23)5-3-14-28-25)35(32,33)15-13-18-4-2-6-21(27)19(18)9-7-17-8-10-22(26(30)31)29-16-17/h2-6,8,10-12,14,16H,13,15H2,1H3,(H,30,31). The number of aryl methyl sites for hydroxylation is 1. The van der Waals surface area contributed by atoms with Crippen LogP contribution in [0.3, 0.4) is 0 Å². The number of halogens is 1. The van der Waals surface area contributed by atoms with E-state index < -0.39 is 15.8 Å². The quantitative estimate of drug-likeness (QED) is 0.386. The molecule has 0 atom stereocenters. The van der Waals surface area contributed by atoms with Gasteiger partial charge in [-0.15, -0.1) is 0 Å². The molecule has 0 saturated heterocycles. The minimum absolute atomic E-state index is 0.0836. The highest BCUT2D eigenvalue weighted by Gasteiger charge is 2.21. The van der Waals surface area contributed by atoms with Gasteiger partial charge >= 0.3 is 5.97 Å². The second-order valence-electron chi connectivity index (χ2n) is 7.50. The minimum atomic E-state index is -3.69. The van der Waals surface area contributed by atoms with Gasteiger partial charge in [-0.1, -0.05) is 35.6 Å². The number of pyridine rings is 2. The molecule has 1 N–H and O–H groups in total. The summed E-state index contributed by atoms with van der Waals surface area (Å²) in [6.07, 6.45) is 3.09. The predicted octanol–water partition coefficient (Wildman–Crippen LogP) is 4.41. The fourth-order valence-corrected chi connectivity index (χ4v) is 5.23. The fraction of sp³-hybridized carbons (Fsp3) is 0.115. The highest BCUT2D eigenvalue weighted by atomic mass is 35.5. The van der Waals surface area contributed by atoms with Crippen molar-refractivity contribution >= 4 is 38.3 Å². The summed E-state index contributed by atoms with van der Waals surface area (Å²) in [5.41, 5.74) is 1.96. The Kier molecular flexibility index (Phi) is 7.01. The molecule has 176 valence electrons. The Bertz CT molecular complexity index is 1590. The molecule has 0 radical (unpaired) electrons. The first kappa shape index (κ1) is 24.2. The van der Waals surface area contributed by atoms with Gasteiger partial charge in [-0.05, 0) is 54.4 Å². The number of ether oxygens (including phenoxy) is 1. The number of hydrogen-bond donors (Lipinski definition) is 1. The highest BCUT2D eigenvalue weighted by Crippen LogP contribution is 2.30. The van der Waals surface area contributed by atoms with Gasteiger partial charge in [0, 0.05) is 28.9 Å². The van der Waals surface area contributed by atoms with Gasteiger partial charge in [-0.2, -0.15) is 0 Å². The van der Waals surface area contributed by atoms with Gasteiger partial charge in [0.05, 0.1) is 28.3 Å². The Morgan fingerprint density at radius 3 is 2.60 bits per heavy atom. The molecule has 2 aromatic heterocycles. The lowest BCUT2D eigenvalue weighted by molar-refractivity contribution is 0.0690. The molecule has 0 aliphatic carbocycles. The maximum Gasteiger partial charge on any atom is 0.354 e. The number of methoxy groups -OCH3 is 1. The number of aromatic carboxylic acids is 1. The molecule has 0 spiro atoms. The Labute approximate surface area is 207 Å². The van der Waals surface area contributed by atoms with Crippen molar-refractivity contribution in [3.8, 4) is 17.6 Å². The van der Waals surface area contributed by atoms with Crippen molar-refractivity contribution in [1.29, 1.82) is 0 Å². The largest absolute Gasteiger partial charge is 0.496 e. The van der Waals surface area contributed by atoms with Crippen molar-refractivity contribution < 1.29 is 23.1 Å². The van der Waals surface area contributed by atoms with Crippen LogP contribution in [0.2, 0.25) is 5.02 Å². The molecule has 2 heterocycles. The zero-order valence-corrected chi connectivity index (χ0v) is 20.1. The van der Waals surface area contributed by atoms with Gasteiger partial charge in [0.25, 0.3) is 0 Å². The van der Waals surface area contributed by atoms with Crippen LogP contribution in [0.5, 0.6) is 5.75 Å². The molecule has 0 unspecified atom stereocenters. The van der Waals surface area contributed by atoms with Crippen LogP contribution >= 0.6 is 11.6 Å². The number of fused-ring (bicyclic) bond motifs is 1. The monoisotopic (exact) mass is 506 g/mol. The van der Waals surface area contributed by atoms with E-state index in [9.17, 15) is 13.2 Å². The van der Waals surface area contributed by atoms with Crippen molar-refractivity contribution in [3.63, 3.8) is 0 Å². The van der Waals surface area contributed by atoms with Crippen LogP contribution in [-0.2, 0) is 16.3 Å². The second kappa shape index (κ2) is 10.1. The number of carboxylic acid groups (broad SMARTS) is 1. The number of hydrogen-bond acceptors (Lipinski definition) is 6. The van der Waals surface area contributed by atoms with Gasteiger partial charge in [0.1, 0.15) is 11.4 Å². The first-order chi connectivity index (χ1) is 16.8. The zero-order valence-electron chi connectivity index (χ0n) is 18.5. The topological polar surface area (TPSA) is 106 Å². The van der Waals surface area contributed by atoms with Crippen LogP contribution in [-0.4, -0.2) is 42.3 Å². The molecule has 35 heavy (non-hydrogen) atoms. The summed E-state index contributed by atoms with van der Waals surface area (Å²) in [6.45, 7) is 0. The molecule has 0 aliphatic heterocycles. The summed E-state index contributed by atoms with van der Waals surface area (Å²) in [6, 6.07) is 14.7. The number of rotatable bonds is 6. The molecule has 0 saturated carbocycles. The summed E-state index contributed by atoms with van der Waals surface area (Å²) in [5.74, 6) is 5.13. The molecular formula is C26H19ClN2O5S.